The third kappa shape index (κ3) is 4.80. The van der Waals surface area contributed by atoms with Gasteiger partial charge in [0.25, 0.3) is 0 Å². The molecule has 1 saturated heterocycles. The molecule has 0 amide bonds. The van der Waals surface area contributed by atoms with Crippen LogP contribution >= 0.6 is 0 Å². The topological polar surface area (TPSA) is 24.5 Å². The van der Waals surface area contributed by atoms with Crippen molar-refractivity contribution in [2.45, 2.75) is 57.8 Å². The van der Waals surface area contributed by atoms with E-state index in [0.717, 1.165) is 38.8 Å². The molecule has 3 rings (SSSR count). The number of hydrogen-bond donors (Lipinski definition) is 1. The van der Waals surface area contributed by atoms with Crippen LogP contribution < -0.4 is 5.32 Å². The fourth-order valence-electron chi connectivity index (χ4n) is 2.95. The zero-order chi connectivity index (χ0) is 14.5. The van der Waals surface area contributed by atoms with Crippen LogP contribution in [0.5, 0.6) is 0 Å². The van der Waals surface area contributed by atoms with Gasteiger partial charge in [-0.3, -0.25) is 4.90 Å². The molecule has 1 atom stereocenters. The van der Waals surface area contributed by atoms with Gasteiger partial charge >= 0.3 is 0 Å². The van der Waals surface area contributed by atoms with E-state index in [0.29, 0.717) is 6.10 Å². The summed E-state index contributed by atoms with van der Waals surface area (Å²) in [7, 11) is 0. The van der Waals surface area contributed by atoms with Crippen molar-refractivity contribution in [1.82, 2.24) is 10.2 Å². The third-order valence-electron chi connectivity index (χ3n) is 4.53. The highest BCUT2D eigenvalue weighted by Crippen LogP contribution is 2.19. The molecule has 116 valence electrons. The highest BCUT2D eigenvalue weighted by atomic mass is 16.5. The average Bonchev–Trinajstić information content (AvgIpc) is 3.21. The molecule has 1 N–H and O–H groups in total. The lowest BCUT2D eigenvalue weighted by molar-refractivity contribution is 0.0725. The lowest BCUT2D eigenvalue weighted by Crippen LogP contribution is -2.31. The van der Waals surface area contributed by atoms with Crippen LogP contribution in [0.15, 0.2) is 24.3 Å². The maximum atomic E-state index is 5.75. The predicted octanol–water partition coefficient (Wildman–Crippen LogP) is 2.94. The monoisotopic (exact) mass is 288 g/mol. The molecule has 3 heteroatoms. The zero-order valence-corrected chi connectivity index (χ0v) is 13.2. The Morgan fingerprint density at radius 3 is 2.52 bits per heavy atom. The van der Waals surface area contributed by atoms with E-state index in [4.69, 9.17) is 4.74 Å². The van der Waals surface area contributed by atoms with E-state index in [2.05, 4.69) is 41.4 Å². The summed E-state index contributed by atoms with van der Waals surface area (Å²) in [6.45, 7) is 7.39. The molecule has 21 heavy (non-hydrogen) atoms. The number of nitrogens with one attached hydrogen (secondary N) is 1. The van der Waals surface area contributed by atoms with Gasteiger partial charge in [-0.1, -0.05) is 31.2 Å². The average molecular weight is 288 g/mol. The minimum atomic E-state index is 0.451. The van der Waals surface area contributed by atoms with Crippen molar-refractivity contribution >= 4 is 0 Å². The van der Waals surface area contributed by atoms with E-state index in [1.54, 1.807) is 0 Å². The van der Waals surface area contributed by atoms with Gasteiger partial charge in [-0.2, -0.15) is 0 Å². The Bertz CT molecular complexity index is 421. The quantitative estimate of drug-likeness (QED) is 0.796. The first-order valence-corrected chi connectivity index (χ1v) is 8.48. The Morgan fingerprint density at radius 1 is 1.14 bits per heavy atom. The fraction of sp³-hybridized carbons (Fsp3) is 0.667. The van der Waals surface area contributed by atoms with E-state index in [1.165, 1.54) is 36.8 Å². The highest BCUT2D eigenvalue weighted by molar-refractivity contribution is 5.22. The summed E-state index contributed by atoms with van der Waals surface area (Å²) >= 11 is 0. The van der Waals surface area contributed by atoms with Crippen LogP contribution in [-0.4, -0.2) is 36.7 Å². The molecule has 0 spiro atoms. The predicted molar refractivity (Wildman–Crippen MR) is 86.2 cm³/mol. The van der Waals surface area contributed by atoms with Gasteiger partial charge < -0.3 is 10.1 Å². The summed E-state index contributed by atoms with van der Waals surface area (Å²) < 4.78 is 5.75. The van der Waals surface area contributed by atoms with Gasteiger partial charge in [0.1, 0.15) is 0 Å². The maximum Gasteiger partial charge on any atom is 0.0702 e. The van der Waals surface area contributed by atoms with Gasteiger partial charge in [0.05, 0.1) is 6.10 Å². The molecule has 1 aliphatic heterocycles. The first-order chi connectivity index (χ1) is 10.3. The molecule has 1 aliphatic carbocycles. The summed E-state index contributed by atoms with van der Waals surface area (Å²) in [5.74, 6) is 0. The standard InChI is InChI=1S/C18H28N2O/c1-2-20(14-18-4-3-11-21-18)13-16-7-5-15(6-8-16)12-19-17-9-10-17/h5-8,17-19H,2-4,9-14H2,1H3. The first kappa shape index (κ1) is 15.0. The van der Waals surface area contributed by atoms with Crippen molar-refractivity contribution in [2.24, 2.45) is 0 Å². The van der Waals surface area contributed by atoms with Crippen LogP contribution in [0.3, 0.4) is 0 Å². The molecular weight excluding hydrogens is 260 g/mol. The molecule has 1 aromatic rings. The number of benzene rings is 1. The normalized spacial score (nSPS) is 22.1. The minimum absolute atomic E-state index is 0.451. The highest BCUT2D eigenvalue weighted by Gasteiger charge is 2.20. The molecule has 1 heterocycles. The van der Waals surface area contributed by atoms with Gasteiger partial charge in [-0.25, -0.2) is 0 Å². The Labute approximate surface area is 128 Å². The molecule has 1 aromatic carbocycles. The summed E-state index contributed by atoms with van der Waals surface area (Å²) in [5.41, 5.74) is 2.80. The summed E-state index contributed by atoms with van der Waals surface area (Å²) in [5, 5.41) is 3.57. The smallest absolute Gasteiger partial charge is 0.0702 e. The Hall–Kier alpha value is -0.900. The van der Waals surface area contributed by atoms with Crippen molar-refractivity contribution in [1.29, 1.82) is 0 Å². The number of likely N-dealkylation sites (N-methyl/N-ethyl adjacent to an activating group) is 1. The summed E-state index contributed by atoms with van der Waals surface area (Å²) in [4.78, 5) is 2.49. The van der Waals surface area contributed by atoms with Crippen LogP contribution in [0.1, 0.15) is 43.7 Å². The Morgan fingerprint density at radius 2 is 1.90 bits per heavy atom. The number of nitrogens with zero attached hydrogens (tertiary/aromatic N) is 1. The molecular formula is C18H28N2O. The van der Waals surface area contributed by atoms with Crippen LogP contribution in [0.4, 0.5) is 0 Å². The minimum Gasteiger partial charge on any atom is -0.377 e. The van der Waals surface area contributed by atoms with Crippen molar-refractivity contribution < 1.29 is 4.74 Å². The summed E-state index contributed by atoms with van der Waals surface area (Å²) in [6.07, 6.45) is 5.61. The van der Waals surface area contributed by atoms with Crippen molar-refractivity contribution in [2.75, 3.05) is 19.7 Å². The van der Waals surface area contributed by atoms with E-state index in [9.17, 15) is 0 Å². The van der Waals surface area contributed by atoms with Gasteiger partial charge in [0.15, 0.2) is 0 Å². The van der Waals surface area contributed by atoms with Gasteiger partial charge in [0.2, 0.25) is 0 Å². The number of hydrogen-bond acceptors (Lipinski definition) is 3. The van der Waals surface area contributed by atoms with E-state index >= 15 is 0 Å². The van der Waals surface area contributed by atoms with Crippen LogP contribution in [0.2, 0.25) is 0 Å². The molecule has 0 aromatic heterocycles. The second-order valence-corrected chi connectivity index (χ2v) is 6.43. The third-order valence-corrected chi connectivity index (χ3v) is 4.53. The van der Waals surface area contributed by atoms with Crippen molar-refractivity contribution in [3.63, 3.8) is 0 Å². The molecule has 1 unspecified atom stereocenters. The van der Waals surface area contributed by atoms with E-state index < -0.39 is 0 Å². The number of rotatable bonds is 8. The Kier molecular flexibility index (Phi) is 5.28. The van der Waals surface area contributed by atoms with Crippen molar-refractivity contribution in [3.8, 4) is 0 Å². The SMILES string of the molecule is CCN(Cc1ccc(CNC2CC2)cc1)CC1CCCO1. The number of ether oxygens (including phenoxy) is 1. The second-order valence-electron chi connectivity index (χ2n) is 6.43. The lowest BCUT2D eigenvalue weighted by atomic mass is 10.1. The lowest BCUT2D eigenvalue weighted by Gasteiger charge is -2.23. The first-order valence-electron chi connectivity index (χ1n) is 8.48. The molecule has 2 aliphatic rings. The molecule has 2 fully saturated rings. The molecule has 1 saturated carbocycles. The molecule has 0 bridgehead atoms. The largest absolute Gasteiger partial charge is 0.377 e. The molecule has 0 radical (unpaired) electrons. The van der Waals surface area contributed by atoms with Crippen molar-refractivity contribution in [3.05, 3.63) is 35.4 Å². The van der Waals surface area contributed by atoms with Gasteiger partial charge in [-0.05, 0) is 43.4 Å². The second kappa shape index (κ2) is 7.39. The van der Waals surface area contributed by atoms with E-state index in [1.807, 2.05) is 0 Å². The van der Waals surface area contributed by atoms with E-state index in [-0.39, 0.29) is 0 Å². The van der Waals surface area contributed by atoms with Crippen LogP contribution in [-0.2, 0) is 17.8 Å². The maximum absolute atomic E-state index is 5.75. The van der Waals surface area contributed by atoms with Gasteiger partial charge in [-0.15, -0.1) is 0 Å². The summed E-state index contributed by atoms with van der Waals surface area (Å²) in [6, 6.07) is 9.88. The van der Waals surface area contributed by atoms with Gasteiger partial charge in [0, 0.05) is 32.3 Å². The zero-order valence-electron chi connectivity index (χ0n) is 13.2. The molecule has 3 nitrogen and oxygen atoms in total. The Balaban J connectivity index is 1.47. The van der Waals surface area contributed by atoms with Crippen LogP contribution in [0.25, 0.3) is 0 Å². The fourth-order valence-corrected chi connectivity index (χ4v) is 2.95. The van der Waals surface area contributed by atoms with Crippen LogP contribution in [0, 0.1) is 0 Å².